The van der Waals surface area contributed by atoms with Crippen LogP contribution in [0.2, 0.25) is 0 Å². The molecule has 3 heteroatoms. The van der Waals surface area contributed by atoms with Crippen LogP contribution < -0.4 is 0 Å². The molecule has 0 fully saturated rings. The lowest BCUT2D eigenvalue weighted by atomic mass is 9.89. The molecule has 0 aromatic heterocycles. The summed E-state index contributed by atoms with van der Waals surface area (Å²) in [5, 5.41) is 0. The fourth-order valence-corrected chi connectivity index (χ4v) is 3.33. The summed E-state index contributed by atoms with van der Waals surface area (Å²) < 4.78 is 23.9. The van der Waals surface area contributed by atoms with Crippen LogP contribution in [0.3, 0.4) is 0 Å². The van der Waals surface area contributed by atoms with Crippen LogP contribution in [0.5, 0.6) is 0 Å². The molecule has 0 amide bonds. The molecule has 1 rings (SSSR count). The summed E-state index contributed by atoms with van der Waals surface area (Å²) in [5.41, 5.74) is 1.13. The second-order valence-electron chi connectivity index (χ2n) is 4.86. The monoisotopic (exact) mass is 278 g/mol. The standard InChI is InChI=1S/C16H22O2S/c1-5-7-13(3)14(4)15-8-10-16(11-9-15)19(17,18)12-6-2/h8-11,13-14H,6,12H2,1-4H3. The van der Waals surface area contributed by atoms with Gasteiger partial charge in [-0.2, -0.15) is 0 Å². The van der Waals surface area contributed by atoms with Gasteiger partial charge in [-0.15, -0.1) is 5.92 Å². The Morgan fingerprint density at radius 1 is 1.16 bits per heavy atom. The predicted octanol–water partition coefficient (Wildman–Crippen LogP) is 3.63. The molecule has 104 valence electrons. The first-order valence-electron chi connectivity index (χ1n) is 6.67. The zero-order valence-electron chi connectivity index (χ0n) is 12.1. The summed E-state index contributed by atoms with van der Waals surface area (Å²) in [6.45, 7) is 7.91. The van der Waals surface area contributed by atoms with Gasteiger partial charge in [0, 0.05) is 5.92 Å². The van der Waals surface area contributed by atoms with E-state index in [4.69, 9.17) is 0 Å². The minimum atomic E-state index is -3.11. The van der Waals surface area contributed by atoms with Crippen LogP contribution in [-0.4, -0.2) is 14.2 Å². The smallest absolute Gasteiger partial charge is 0.178 e. The maximum absolute atomic E-state index is 11.9. The molecule has 2 atom stereocenters. The Hall–Kier alpha value is -1.27. The molecule has 2 unspecified atom stereocenters. The number of benzene rings is 1. The van der Waals surface area contributed by atoms with Gasteiger partial charge in [0.15, 0.2) is 9.84 Å². The average Bonchev–Trinajstić information content (AvgIpc) is 2.38. The summed E-state index contributed by atoms with van der Waals surface area (Å²) in [6, 6.07) is 7.23. The highest BCUT2D eigenvalue weighted by Gasteiger charge is 2.15. The lowest BCUT2D eigenvalue weighted by Gasteiger charge is -2.15. The summed E-state index contributed by atoms with van der Waals surface area (Å²) >= 11 is 0. The average molecular weight is 278 g/mol. The Balaban J connectivity index is 2.96. The summed E-state index contributed by atoms with van der Waals surface area (Å²) in [4.78, 5) is 0.416. The topological polar surface area (TPSA) is 34.1 Å². The van der Waals surface area contributed by atoms with Crippen LogP contribution in [0.25, 0.3) is 0 Å². The van der Waals surface area contributed by atoms with E-state index in [-0.39, 0.29) is 11.7 Å². The van der Waals surface area contributed by atoms with Crippen molar-refractivity contribution in [2.75, 3.05) is 5.75 Å². The van der Waals surface area contributed by atoms with Crippen molar-refractivity contribution in [1.82, 2.24) is 0 Å². The maximum Gasteiger partial charge on any atom is 0.178 e. The van der Waals surface area contributed by atoms with Gasteiger partial charge in [0.1, 0.15) is 0 Å². The zero-order valence-corrected chi connectivity index (χ0v) is 12.9. The summed E-state index contributed by atoms with van der Waals surface area (Å²) in [7, 11) is -3.11. The second kappa shape index (κ2) is 6.77. The van der Waals surface area contributed by atoms with Gasteiger partial charge in [-0.25, -0.2) is 8.42 Å². The molecule has 2 nitrogen and oxygen atoms in total. The van der Waals surface area contributed by atoms with Gasteiger partial charge in [-0.3, -0.25) is 0 Å². The molecule has 0 bridgehead atoms. The summed E-state index contributed by atoms with van der Waals surface area (Å²) in [6.07, 6.45) is 0.642. The molecule has 0 aliphatic carbocycles. The quantitative estimate of drug-likeness (QED) is 0.771. The molecular formula is C16H22O2S. The number of rotatable bonds is 5. The normalized spacial score (nSPS) is 14.3. The molecule has 0 heterocycles. The van der Waals surface area contributed by atoms with Crippen molar-refractivity contribution in [2.45, 2.75) is 44.9 Å². The molecule has 0 saturated carbocycles. The van der Waals surface area contributed by atoms with Crippen LogP contribution in [0, 0.1) is 17.8 Å². The third-order valence-electron chi connectivity index (χ3n) is 3.36. The Morgan fingerprint density at radius 2 is 1.74 bits per heavy atom. The molecule has 0 aliphatic heterocycles. The van der Waals surface area contributed by atoms with Crippen molar-refractivity contribution in [1.29, 1.82) is 0 Å². The van der Waals surface area contributed by atoms with Gasteiger partial charge in [-0.1, -0.05) is 38.8 Å². The summed E-state index contributed by atoms with van der Waals surface area (Å²) in [5.74, 6) is 6.84. The molecule has 0 radical (unpaired) electrons. The van der Waals surface area contributed by atoms with E-state index in [1.54, 1.807) is 12.1 Å². The third-order valence-corrected chi connectivity index (χ3v) is 5.30. The molecule has 1 aromatic carbocycles. The van der Waals surface area contributed by atoms with Crippen LogP contribution >= 0.6 is 0 Å². The Labute approximate surface area is 117 Å². The lowest BCUT2D eigenvalue weighted by molar-refractivity contribution is 0.593. The van der Waals surface area contributed by atoms with Gasteiger partial charge in [0.25, 0.3) is 0 Å². The van der Waals surface area contributed by atoms with Gasteiger partial charge in [-0.05, 0) is 37.0 Å². The van der Waals surface area contributed by atoms with E-state index in [9.17, 15) is 8.42 Å². The van der Waals surface area contributed by atoms with Crippen molar-refractivity contribution >= 4 is 9.84 Å². The lowest BCUT2D eigenvalue weighted by Crippen LogP contribution is -2.07. The second-order valence-corrected chi connectivity index (χ2v) is 6.97. The molecular weight excluding hydrogens is 256 g/mol. The largest absolute Gasteiger partial charge is 0.224 e. The SMILES string of the molecule is CC#CC(C)C(C)c1ccc(S(=O)(=O)CCC)cc1. The maximum atomic E-state index is 11.9. The number of hydrogen-bond donors (Lipinski definition) is 0. The van der Waals surface area contributed by atoms with Crippen molar-refractivity contribution in [2.24, 2.45) is 5.92 Å². The van der Waals surface area contributed by atoms with Gasteiger partial charge in [0.05, 0.1) is 10.6 Å². The van der Waals surface area contributed by atoms with Gasteiger partial charge < -0.3 is 0 Å². The fraction of sp³-hybridized carbons (Fsp3) is 0.500. The Bertz CT molecular complexity index is 559. The fourth-order valence-electron chi connectivity index (χ4n) is 2.01. The minimum Gasteiger partial charge on any atom is -0.224 e. The van der Waals surface area contributed by atoms with Crippen LogP contribution in [-0.2, 0) is 9.84 Å². The highest BCUT2D eigenvalue weighted by Crippen LogP contribution is 2.25. The van der Waals surface area contributed by atoms with Crippen LogP contribution in [0.4, 0.5) is 0 Å². The van der Waals surface area contributed by atoms with E-state index in [2.05, 4.69) is 25.7 Å². The van der Waals surface area contributed by atoms with Crippen LogP contribution in [0.15, 0.2) is 29.2 Å². The molecule has 0 aliphatic rings. The molecule has 19 heavy (non-hydrogen) atoms. The van der Waals surface area contributed by atoms with Crippen molar-refractivity contribution in [3.05, 3.63) is 29.8 Å². The van der Waals surface area contributed by atoms with E-state index in [0.29, 0.717) is 17.2 Å². The van der Waals surface area contributed by atoms with Crippen molar-refractivity contribution in [3.8, 4) is 11.8 Å². The first-order chi connectivity index (χ1) is 8.92. The number of hydrogen-bond acceptors (Lipinski definition) is 2. The zero-order chi connectivity index (χ0) is 14.5. The van der Waals surface area contributed by atoms with Crippen molar-refractivity contribution in [3.63, 3.8) is 0 Å². The van der Waals surface area contributed by atoms with E-state index < -0.39 is 9.84 Å². The molecule has 0 spiro atoms. The molecule has 1 aromatic rings. The van der Waals surface area contributed by atoms with E-state index in [1.165, 1.54) is 0 Å². The van der Waals surface area contributed by atoms with Gasteiger partial charge >= 0.3 is 0 Å². The van der Waals surface area contributed by atoms with E-state index in [1.807, 2.05) is 26.0 Å². The molecule has 0 N–H and O–H groups in total. The highest BCUT2D eigenvalue weighted by atomic mass is 32.2. The highest BCUT2D eigenvalue weighted by molar-refractivity contribution is 7.91. The van der Waals surface area contributed by atoms with Crippen molar-refractivity contribution < 1.29 is 8.42 Å². The predicted molar refractivity (Wildman–Crippen MR) is 79.8 cm³/mol. The third kappa shape index (κ3) is 4.11. The first kappa shape index (κ1) is 15.8. The minimum absolute atomic E-state index is 0.208. The Morgan fingerprint density at radius 3 is 2.21 bits per heavy atom. The van der Waals surface area contributed by atoms with Gasteiger partial charge in [0.2, 0.25) is 0 Å². The van der Waals surface area contributed by atoms with Crippen LogP contribution in [0.1, 0.15) is 45.6 Å². The Kier molecular flexibility index (Phi) is 5.62. The first-order valence-corrected chi connectivity index (χ1v) is 8.32. The number of sulfone groups is 1. The van der Waals surface area contributed by atoms with E-state index >= 15 is 0 Å². The van der Waals surface area contributed by atoms with E-state index in [0.717, 1.165) is 5.56 Å². The molecule has 0 saturated heterocycles.